The fraction of sp³-hybridized carbons (Fsp3) is 0.429. The first-order chi connectivity index (χ1) is 11.0. The Morgan fingerprint density at radius 2 is 2.00 bits per heavy atom. The van der Waals surface area contributed by atoms with Crippen LogP contribution in [0.3, 0.4) is 0 Å². The van der Waals surface area contributed by atoms with Gasteiger partial charge in [0.05, 0.1) is 4.90 Å². The van der Waals surface area contributed by atoms with Crippen molar-refractivity contribution in [3.8, 4) is 5.75 Å². The Bertz CT molecular complexity index is 712. The Morgan fingerprint density at radius 1 is 1.26 bits per heavy atom. The molecule has 0 radical (unpaired) electrons. The van der Waals surface area contributed by atoms with Crippen LogP contribution in [0.15, 0.2) is 35.5 Å². The molecule has 9 heteroatoms. The van der Waals surface area contributed by atoms with E-state index in [4.69, 9.17) is 10.5 Å². The monoisotopic (exact) mass is 339 g/mol. The van der Waals surface area contributed by atoms with Crippen molar-refractivity contribution in [1.29, 1.82) is 0 Å². The maximum Gasteiger partial charge on any atom is 0.240 e. The quantitative estimate of drug-likeness (QED) is 0.640. The van der Waals surface area contributed by atoms with Crippen LogP contribution in [0.4, 0.5) is 0 Å². The largest absolute Gasteiger partial charge is 0.486 e. The Hall–Kier alpha value is -1.97. The fourth-order valence-electron chi connectivity index (χ4n) is 1.87. The molecule has 0 unspecified atom stereocenters. The summed E-state index contributed by atoms with van der Waals surface area (Å²) >= 11 is 0. The zero-order valence-corrected chi connectivity index (χ0v) is 13.8. The summed E-state index contributed by atoms with van der Waals surface area (Å²) in [5.41, 5.74) is 5.38. The van der Waals surface area contributed by atoms with Crippen LogP contribution in [0.2, 0.25) is 0 Å². The summed E-state index contributed by atoms with van der Waals surface area (Å²) in [6.45, 7) is 1.20. The number of nitrogens with two attached hydrogens (primary N) is 1. The van der Waals surface area contributed by atoms with E-state index < -0.39 is 10.0 Å². The van der Waals surface area contributed by atoms with Crippen LogP contribution in [0.25, 0.3) is 0 Å². The first-order valence-electron chi connectivity index (χ1n) is 7.28. The van der Waals surface area contributed by atoms with Crippen LogP contribution in [-0.4, -0.2) is 36.3 Å². The van der Waals surface area contributed by atoms with Crippen LogP contribution >= 0.6 is 0 Å². The Kier molecular flexibility index (Phi) is 6.08. The number of aromatic nitrogens is 3. The molecular weight excluding hydrogens is 318 g/mol. The minimum Gasteiger partial charge on any atom is -0.486 e. The number of sulfonamides is 1. The Balaban J connectivity index is 1.92. The summed E-state index contributed by atoms with van der Waals surface area (Å²) < 4.78 is 33.9. The van der Waals surface area contributed by atoms with E-state index in [0.29, 0.717) is 31.1 Å². The molecule has 0 spiro atoms. The molecule has 23 heavy (non-hydrogen) atoms. The summed E-state index contributed by atoms with van der Waals surface area (Å²) in [4.78, 5) is 4.25. The highest BCUT2D eigenvalue weighted by Crippen LogP contribution is 2.16. The van der Waals surface area contributed by atoms with Crippen molar-refractivity contribution in [3.63, 3.8) is 0 Å². The maximum atomic E-state index is 12.1. The molecule has 0 bridgehead atoms. The second-order valence-corrected chi connectivity index (χ2v) is 6.72. The van der Waals surface area contributed by atoms with Gasteiger partial charge in [-0.1, -0.05) is 0 Å². The maximum absolute atomic E-state index is 12.1. The number of nitrogens with zero attached hydrogens (tertiary/aromatic N) is 3. The number of benzene rings is 1. The van der Waals surface area contributed by atoms with Crippen LogP contribution in [0.5, 0.6) is 5.75 Å². The molecule has 0 saturated heterocycles. The van der Waals surface area contributed by atoms with E-state index in [0.717, 1.165) is 6.42 Å². The molecule has 8 nitrogen and oxygen atoms in total. The number of hydrogen-bond donors (Lipinski definition) is 2. The predicted molar refractivity (Wildman–Crippen MR) is 85.3 cm³/mol. The molecule has 1 aromatic heterocycles. The summed E-state index contributed by atoms with van der Waals surface area (Å²) in [7, 11) is -1.72. The van der Waals surface area contributed by atoms with Gasteiger partial charge in [0.15, 0.2) is 5.82 Å². The third-order valence-electron chi connectivity index (χ3n) is 3.23. The van der Waals surface area contributed by atoms with Gasteiger partial charge in [0.1, 0.15) is 18.7 Å². The summed E-state index contributed by atoms with van der Waals surface area (Å²) in [6.07, 6.45) is 2.96. The van der Waals surface area contributed by atoms with Gasteiger partial charge in [0.25, 0.3) is 0 Å². The summed E-state index contributed by atoms with van der Waals surface area (Å²) in [5, 5.41) is 3.95. The van der Waals surface area contributed by atoms with E-state index in [1.807, 2.05) is 0 Å². The number of unbranched alkanes of at least 4 members (excludes halogenated alkanes) is 1. The highest BCUT2D eigenvalue weighted by Gasteiger charge is 2.13. The molecule has 2 rings (SSSR count). The van der Waals surface area contributed by atoms with Crippen LogP contribution in [0, 0.1) is 0 Å². The second-order valence-electron chi connectivity index (χ2n) is 4.95. The second kappa shape index (κ2) is 8.04. The number of aryl methyl sites for hydroxylation is 1. The van der Waals surface area contributed by atoms with Gasteiger partial charge >= 0.3 is 0 Å². The predicted octanol–water partition coefficient (Wildman–Crippen LogP) is 0.411. The van der Waals surface area contributed by atoms with Gasteiger partial charge in [0.2, 0.25) is 10.0 Å². The topological polar surface area (TPSA) is 112 Å². The van der Waals surface area contributed by atoms with Gasteiger partial charge in [-0.3, -0.25) is 4.68 Å². The van der Waals surface area contributed by atoms with Crippen LogP contribution < -0.4 is 15.2 Å². The molecule has 126 valence electrons. The molecule has 2 aromatic rings. The van der Waals surface area contributed by atoms with E-state index in [1.165, 1.54) is 18.5 Å². The molecule has 0 atom stereocenters. The lowest BCUT2D eigenvalue weighted by Crippen LogP contribution is -2.25. The molecule has 0 amide bonds. The van der Waals surface area contributed by atoms with Crippen molar-refractivity contribution in [2.75, 3.05) is 13.1 Å². The average Bonchev–Trinajstić information content (AvgIpc) is 2.95. The van der Waals surface area contributed by atoms with Crippen molar-refractivity contribution in [2.24, 2.45) is 12.8 Å². The molecule has 0 fully saturated rings. The molecule has 3 N–H and O–H groups in total. The lowest BCUT2D eigenvalue weighted by molar-refractivity contribution is 0.289. The lowest BCUT2D eigenvalue weighted by Gasteiger charge is -2.08. The number of hydrogen-bond acceptors (Lipinski definition) is 6. The number of nitrogens with one attached hydrogen (secondary N) is 1. The van der Waals surface area contributed by atoms with E-state index in [2.05, 4.69) is 14.8 Å². The van der Waals surface area contributed by atoms with E-state index in [-0.39, 0.29) is 11.5 Å². The number of ether oxygens (including phenoxy) is 1. The molecule has 1 heterocycles. The third-order valence-corrected chi connectivity index (χ3v) is 4.71. The zero-order valence-electron chi connectivity index (χ0n) is 13.0. The molecule has 1 aromatic carbocycles. The van der Waals surface area contributed by atoms with Crippen molar-refractivity contribution in [3.05, 3.63) is 36.4 Å². The highest BCUT2D eigenvalue weighted by molar-refractivity contribution is 7.89. The third kappa shape index (κ3) is 5.02. The average molecular weight is 339 g/mol. The normalized spacial score (nSPS) is 11.6. The smallest absolute Gasteiger partial charge is 0.240 e. The first kappa shape index (κ1) is 17.4. The van der Waals surface area contributed by atoms with Gasteiger partial charge in [0, 0.05) is 13.6 Å². The Morgan fingerprint density at radius 3 is 2.61 bits per heavy atom. The molecule has 0 aliphatic heterocycles. The van der Waals surface area contributed by atoms with Gasteiger partial charge in [-0.05, 0) is 43.7 Å². The molecule has 0 saturated carbocycles. The number of rotatable bonds is 9. The SMILES string of the molecule is Cn1ncnc1COc1ccc(S(=O)(=O)NCCCCN)cc1. The molecule has 0 aliphatic rings. The highest BCUT2D eigenvalue weighted by atomic mass is 32.2. The van der Waals surface area contributed by atoms with Gasteiger partial charge in [-0.2, -0.15) is 5.10 Å². The standard InChI is InChI=1S/C14H21N5O3S/c1-19-14(16-11-17-19)10-22-12-4-6-13(7-5-12)23(20,21)18-9-3-2-8-15/h4-7,11,18H,2-3,8-10,15H2,1H3. The van der Waals surface area contributed by atoms with Crippen LogP contribution in [-0.2, 0) is 23.7 Å². The van der Waals surface area contributed by atoms with Crippen molar-refractivity contribution < 1.29 is 13.2 Å². The van der Waals surface area contributed by atoms with E-state index >= 15 is 0 Å². The lowest BCUT2D eigenvalue weighted by atomic mass is 10.3. The Labute approximate surface area is 135 Å². The van der Waals surface area contributed by atoms with Gasteiger partial charge in [-0.25, -0.2) is 18.1 Å². The minimum atomic E-state index is -3.50. The van der Waals surface area contributed by atoms with E-state index in [9.17, 15) is 8.42 Å². The van der Waals surface area contributed by atoms with Crippen molar-refractivity contribution in [1.82, 2.24) is 19.5 Å². The summed E-state index contributed by atoms with van der Waals surface area (Å²) in [6, 6.07) is 6.25. The zero-order chi connectivity index (χ0) is 16.7. The van der Waals surface area contributed by atoms with Gasteiger partial charge in [-0.15, -0.1) is 0 Å². The summed E-state index contributed by atoms with van der Waals surface area (Å²) in [5.74, 6) is 1.25. The van der Waals surface area contributed by atoms with Crippen molar-refractivity contribution in [2.45, 2.75) is 24.3 Å². The van der Waals surface area contributed by atoms with Gasteiger partial charge < -0.3 is 10.5 Å². The molecular formula is C14H21N5O3S. The molecule has 0 aliphatic carbocycles. The van der Waals surface area contributed by atoms with E-state index in [1.54, 1.807) is 23.9 Å². The van der Waals surface area contributed by atoms with Crippen molar-refractivity contribution >= 4 is 10.0 Å². The fourth-order valence-corrected chi connectivity index (χ4v) is 2.95. The first-order valence-corrected chi connectivity index (χ1v) is 8.77. The van der Waals surface area contributed by atoms with Crippen LogP contribution in [0.1, 0.15) is 18.7 Å². The minimum absolute atomic E-state index is 0.205.